The molecule has 0 aliphatic rings. The molecule has 1 aromatic heterocycles. The molecule has 0 amide bonds. The molecule has 0 saturated carbocycles. The van der Waals surface area contributed by atoms with Crippen molar-refractivity contribution < 1.29 is 14.6 Å². The van der Waals surface area contributed by atoms with E-state index in [1.54, 1.807) is 25.6 Å². The van der Waals surface area contributed by atoms with E-state index < -0.39 is 6.10 Å². The monoisotopic (exact) mass is 306 g/mol. The Hall–Kier alpha value is -1.52. The van der Waals surface area contributed by atoms with Gasteiger partial charge in [-0.25, -0.2) is 0 Å². The summed E-state index contributed by atoms with van der Waals surface area (Å²) >= 11 is 1.63. The Bertz CT molecular complexity index is 611. The molecule has 0 bridgehead atoms. The summed E-state index contributed by atoms with van der Waals surface area (Å²) in [6, 6.07) is 9.52. The van der Waals surface area contributed by atoms with E-state index in [-0.39, 0.29) is 5.41 Å². The first-order valence-corrected chi connectivity index (χ1v) is 7.68. The third-order valence-electron chi connectivity index (χ3n) is 3.37. The highest BCUT2D eigenvalue weighted by atomic mass is 32.1. The van der Waals surface area contributed by atoms with Crippen molar-refractivity contribution in [2.45, 2.75) is 32.3 Å². The number of benzene rings is 1. The molecule has 4 heteroatoms. The molecule has 0 aliphatic carbocycles. The third kappa shape index (κ3) is 3.39. The number of hydrogen-bond acceptors (Lipinski definition) is 4. The van der Waals surface area contributed by atoms with Crippen molar-refractivity contribution in [2.75, 3.05) is 14.2 Å². The average Bonchev–Trinajstić information content (AvgIpc) is 2.95. The average molecular weight is 306 g/mol. The molecular formula is C17H22O3S. The molecule has 0 fully saturated rings. The Morgan fingerprint density at radius 1 is 1.05 bits per heavy atom. The van der Waals surface area contributed by atoms with Crippen LogP contribution in [0.3, 0.4) is 0 Å². The van der Waals surface area contributed by atoms with Crippen LogP contribution in [0.2, 0.25) is 0 Å². The van der Waals surface area contributed by atoms with Gasteiger partial charge in [-0.3, -0.25) is 0 Å². The van der Waals surface area contributed by atoms with Crippen molar-refractivity contribution >= 4 is 11.3 Å². The van der Waals surface area contributed by atoms with Gasteiger partial charge in [-0.2, -0.15) is 0 Å². The van der Waals surface area contributed by atoms with Crippen molar-refractivity contribution in [3.63, 3.8) is 0 Å². The maximum Gasteiger partial charge on any atom is 0.125 e. The first kappa shape index (κ1) is 15.9. The molecule has 0 saturated heterocycles. The molecule has 114 valence electrons. The molecule has 2 rings (SSSR count). The van der Waals surface area contributed by atoms with Gasteiger partial charge in [0, 0.05) is 15.3 Å². The van der Waals surface area contributed by atoms with E-state index >= 15 is 0 Å². The van der Waals surface area contributed by atoms with Crippen LogP contribution in [0.5, 0.6) is 11.5 Å². The van der Waals surface area contributed by atoms with Gasteiger partial charge in [0.2, 0.25) is 0 Å². The number of hydrogen-bond donors (Lipinski definition) is 1. The molecule has 0 radical (unpaired) electrons. The maximum atomic E-state index is 10.7. The SMILES string of the molecule is COc1ccc(OC)c(C(O)c2ccc(C(C)(C)C)s2)c1. The Morgan fingerprint density at radius 3 is 2.29 bits per heavy atom. The molecule has 1 aromatic carbocycles. The quantitative estimate of drug-likeness (QED) is 0.922. The second-order valence-corrected chi connectivity index (χ2v) is 7.08. The zero-order chi connectivity index (χ0) is 15.6. The standard InChI is InChI=1S/C17H22O3S/c1-17(2,3)15-9-8-14(21-15)16(18)12-10-11(19-4)6-7-13(12)20-5/h6-10,16,18H,1-5H3. The van der Waals surface area contributed by atoms with Gasteiger partial charge in [-0.1, -0.05) is 20.8 Å². The second-order valence-electron chi connectivity index (χ2n) is 5.96. The van der Waals surface area contributed by atoms with Gasteiger partial charge >= 0.3 is 0 Å². The van der Waals surface area contributed by atoms with Gasteiger partial charge in [0.1, 0.15) is 17.6 Å². The van der Waals surface area contributed by atoms with Crippen LogP contribution in [0, 0.1) is 0 Å². The van der Waals surface area contributed by atoms with Gasteiger partial charge in [0.15, 0.2) is 0 Å². The van der Waals surface area contributed by atoms with Crippen LogP contribution in [0.4, 0.5) is 0 Å². The number of methoxy groups -OCH3 is 2. The smallest absolute Gasteiger partial charge is 0.125 e. The minimum Gasteiger partial charge on any atom is -0.497 e. The van der Waals surface area contributed by atoms with E-state index in [4.69, 9.17) is 9.47 Å². The highest BCUT2D eigenvalue weighted by Crippen LogP contribution is 2.38. The number of ether oxygens (including phenoxy) is 2. The minimum absolute atomic E-state index is 0.0844. The fourth-order valence-corrected chi connectivity index (χ4v) is 3.18. The molecule has 1 atom stereocenters. The largest absolute Gasteiger partial charge is 0.497 e. The van der Waals surface area contributed by atoms with Crippen LogP contribution in [0.15, 0.2) is 30.3 Å². The number of aliphatic hydroxyl groups excluding tert-OH is 1. The van der Waals surface area contributed by atoms with Crippen LogP contribution < -0.4 is 9.47 Å². The molecule has 21 heavy (non-hydrogen) atoms. The summed E-state index contributed by atoms with van der Waals surface area (Å²) in [5.41, 5.74) is 0.806. The lowest BCUT2D eigenvalue weighted by Gasteiger charge is -2.17. The van der Waals surface area contributed by atoms with E-state index in [1.165, 1.54) is 4.88 Å². The zero-order valence-corrected chi connectivity index (χ0v) is 14.0. The predicted molar refractivity (Wildman–Crippen MR) is 86.6 cm³/mol. The summed E-state index contributed by atoms with van der Waals surface area (Å²) in [5.74, 6) is 1.37. The van der Waals surface area contributed by atoms with Crippen molar-refractivity contribution in [3.05, 3.63) is 45.6 Å². The van der Waals surface area contributed by atoms with Gasteiger partial charge in [-0.15, -0.1) is 11.3 Å². The van der Waals surface area contributed by atoms with Gasteiger partial charge in [0.05, 0.1) is 14.2 Å². The normalized spacial score (nSPS) is 13.0. The van der Waals surface area contributed by atoms with Gasteiger partial charge in [0.25, 0.3) is 0 Å². The first-order valence-electron chi connectivity index (χ1n) is 6.87. The summed E-state index contributed by atoms with van der Waals surface area (Å²) in [7, 11) is 3.22. The minimum atomic E-state index is -0.712. The van der Waals surface area contributed by atoms with Crippen LogP contribution in [-0.2, 0) is 5.41 Å². The lowest BCUT2D eigenvalue weighted by molar-refractivity contribution is 0.218. The highest BCUT2D eigenvalue weighted by molar-refractivity contribution is 7.12. The molecule has 1 N–H and O–H groups in total. The van der Waals surface area contributed by atoms with E-state index in [2.05, 4.69) is 26.8 Å². The van der Waals surface area contributed by atoms with Crippen molar-refractivity contribution in [2.24, 2.45) is 0 Å². The Labute approximate surface area is 130 Å². The van der Waals surface area contributed by atoms with E-state index in [9.17, 15) is 5.11 Å². The summed E-state index contributed by atoms with van der Waals surface area (Å²) < 4.78 is 10.6. The molecule has 1 unspecified atom stereocenters. The molecule has 1 heterocycles. The van der Waals surface area contributed by atoms with Crippen LogP contribution >= 0.6 is 11.3 Å². The van der Waals surface area contributed by atoms with Crippen LogP contribution in [0.25, 0.3) is 0 Å². The number of thiophene rings is 1. The topological polar surface area (TPSA) is 38.7 Å². The van der Waals surface area contributed by atoms with Gasteiger partial charge in [-0.05, 0) is 35.7 Å². The van der Waals surface area contributed by atoms with Gasteiger partial charge < -0.3 is 14.6 Å². The Kier molecular flexibility index (Phi) is 4.59. The highest BCUT2D eigenvalue weighted by Gasteiger charge is 2.22. The molecule has 0 spiro atoms. The second kappa shape index (κ2) is 6.08. The molecule has 2 aromatic rings. The van der Waals surface area contributed by atoms with E-state index in [0.29, 0.717) is 11.5 Å². The third-order valence-corrected chi connectivity index (χ3v) is 4.93. The van der Waals surface area contributed by atoms with Crippen molar-refractivity contribution in [1.82, 2.24) is 0 Å². The first-order chi connectivity index (χ1) is 9.86. The molecule has 0 aliphatic heterocycles. The molecular weight excluding hydrogens is 284 g/mol. The number of rotatable bonds is 4. The van der Waals surface area contributed by atoms with Crippen LogP contribution in [-0.4, -0.2) is 19.3 Å². The van der Waals surface area contributed by atoms with Crippen LogP contribution in [0.1, 0.15) is 42.2 Å². The fourth-order valence-electron chi connectivity index (χ4n) is 2.11. The lowest BCUT2D eigenvalue weighted by Crippen LogP contribution is -2.08. The Balaban J connectivity index is 2.39. The predicted octanol–water partition coefficient (Wildman–Crippen LogP) is 4.14. The summed E-state index contributed by atoms with van der Waals surface area (Å²) in [6.07, 6.45) is -0.712. The summed E-state index contributed by atoms with van der Waals surface area (Å²) in [5, 5.41) is 10.7. The van der Waals surface area contributed by atoms with E-state index in [1.807, 2.05) is 24.3 Å². The summed E-state index contributed by atoms with van der Waals surface area (Å²) in [4.78, 5) is 2.16. The number of aliphatic hydroxyl groups is 1. The van der Waals surface area contributed by atoms with Crippen molar-refractivity contribution in [1.29, 1.82) is 0 Å². The zero-order valence-electron chi connectivity index (χ0n) is 13.1. The fraction of sp³-hybridized carbons (Fsp3) is 0.412. The lowest BCUT2D eigenvalue weighted by atomic mass is 9.95. The Morgan fingerprint density at radius 2 is 1.76 bits per heavy atom. The molecule has 3 nitrogen and oxygen atoms in total. The van der Waals surface area contributed by atoms with Crippen molar-refractivity contribution in [3.8, 4) is 11.5 Å². The summed E-state index contributed by atoms with van der Waals surface area (Å²) in [6.45, 7) is 6.50. The van der Waals surface area contributed by atoms with E-state index in [0.717, 1.165) is 10.4 Å². The maximum absolute atomic E-state index is 10.7.